The first-order chi connectivity index (χ1) is 16.6. The van der Waals surface area contributed by atoms with Crippen LogP contribution in [0, 0.1) is 5.82 Å². The number of benzene rings is 1. The minimum atomic E-state index is -4.47. The lowest BCUT2D eigenvalue weighted by Gasteiger charge is -2.38. The maximum atomic E-state index is 14.0. The van der Waals surface area contributed by atoms with Gasteiger partial charge in [0.15, 0.2) is 5.82 Å². The Labute approximate surface area is 197 Å². The van der Waals surface area contributed by atoms with E-state index in [2.05, 4.69) is 10.1 Å². The number of nitrogens with two attached hydrogens (primary N) is 1. The molecular weight excluding hydrogens is 468 g/mol. The Hall–Kier alpha value is -3.70. The van der Waals surface area contributed by atoms with Crippen molar-refractivity contribution in [1.29, 1.82) is 0 Å². The molecule has 4 heterocycles. The molecule has 2 aliphatic rings. The summed E-state index contributed by atoms with van der Waals surface area (Å²) < 4.78 is 55.4. The van der Waals surface area contributed by atoms with Crippen molar-refractivity contribution < 1.29 is 27.2 Å². The molecule has 184 valence electrons. The van der Waals surface area contributed by atoms with Gasteiger partial charge in [-0.15, -0.1) is 0 Å². The summed E-state index contributed by atoms with van der Waals surface area (Å²) in [7, 11) is 0. The summed E-state index contributed by atoms with van der Waals surface area (Å²) in [5.74, 6) is -2.05. The van der Waals surface area contributed by atoms with Gasteiger partial charge in [0.2, 0.25) is 5.91 Å². The summed E-state index contributed by atoms with van der Waals surface area (Å²) in [6.45, 7) is 0.296. The number of amides is 2. The minimum absolute atomic E-state index is 0.0343. The molecule has 0 bridgehead atoms. The van der Waals surface area contributed by atoms with Crippen LogP contribution in [0.2, 0.25) is 0 Å². The molecule has 0 unspecified atom stereocenters. The van der Waals surface area contributed by atoms with Crippen LogP contribution in [0.15, 0.2) is 36.5 Å². The van der Waals surface area contributed by atoms with Crippen molar-refractivity contribution >= 4 is 28.5 Å². The van der Waals surface area contributed by atoms with E-state index in [-0.39, 0.29) is 49.9 Å². The number of fused-ring (bicyclic) bond motifs is 1. The van der Waals surface area contributed by atoms with Crippen LogP contribution < -0.4 is 5.73 Å². The van der Waals surface area contributed by atoms with E-state index in [0.717, 1.165) is 16.5 Å². The number of pyridine rings is 1. The molecule has 2 aromatic heterocycles. The van der Waals surface area contributed by atoms with Gasteiger partial charge in [-0.3, -0.25) is 14.3 Å². The van der Waals surface area contributed by atoms with Gasteiger partial charge in [-0.05, 0) is 25.0 Å². The summed E-state index contributed by atoms with van der Waals surface area (Å²) in [6.07, 6.45) is -3.37. The molecule has 8 nitrogen and oxygen atoms in total. The first-order valence-electron chi connectivity index (χ1n) is 11.2. The third kappa shape index (κ3) is 4.17. The number of anilines is 1. The average Bonchev–Trinajstić information content (AvgIpc) is 3.41. The van der Waals surface area contributed by atoms with E-state index < -0.39 is 29.8 Å². The van der Waals surface area contributed by atoms with E-state index in [1.807, 2.05) is 6.07 Å². The average molecular weight is 490 g/mol. The van der Waals surface area contributed by atoms with Crippen LogP contribution in [-0.2, 0) is 11.3 Å². The highest BCUT2D eigenvalue weighted by atomic mass is 19.4. The van der Waals surface area contributed by atoms with Crippen LogP contribution in [0.1, 0.15) is 34.8 Å². The molecule has 2 amide bonds. The first kappa shape index (κ1) is 23.1. The predicted octanol–water partition coefficient (Wildman–Crippen LogP) is 2.95. The van der Waals surface area contributed by atoms with Gasteiger partial charge in [0, 0.05) is 30.9 Å². The highest BCUT2D eigenvalue weighted by Gasteiger charge is 2.47. The van der Waals surface area contributed by atoms with Gasteiger partial charge in [-0.1, -0.05) is 18.2 Å². The lowest BCUT2D eigenvalue weighted by Crippen LogP contribution is -2.49. The van der Waals surface area contributed by atoms with E-state index in [0.29, 0.717) is 17.6 Å². The number of hydrogen-bond donors (Lipinski definition) is 1. The Morgan fingerprint density at radius 1 is 1.17 bits per heavy atom. The molecule has 2 saturated heterocycles. The maximum absolute atomic E-state index is 14.0. The minimum Gasteiger partial charge on any atom is -0.384 e. The van der Waals surface area contributed by atoms with Gasteiger partial charge >= 0.3 is 6.18 Å². The molecule has 12 heteroatoms. The molecule has 35 heavy (non-hydrogen) atoms. The molecule has 5 rings (SSSR count). The fourth-order valence-corrected chi connectivity index (χ4v) is 4.81. The zero-order valence-corrected chi connectivity index (χ0v) is 18.5. The molecule has 0 radical (unpaired) electrons. The molecule has 1 aromatic carbocycles. The summed E-state index contributed by atoms with van der Waals surface area (Å²) >= 11 is 0. The zero-order valence-electron chi connectivity index (χ0n) is 18.5. The summed E-state index contributed by atoms with van der Waals surface area (Å²) in [5, 5.41) is 5.31. The van der Waals surface area contributed by atoms with Crippen molar-refractivity contribution in [2.24, 2.45) is 0 Å². The van der Waals surface area contributed by atoms with Gasteiger partial charge in [0.25, 0.3) is 5.91 Å². The number of nitrogens with zero attached hydrogens (tertiary/aromatic N) is 5. The molecule has 2 aliphatic heterocycles. The second-order valence-corrected chi connectivity index (χ2v) is 8.84. The lowest BCUT2D eigenvalue weighted by atomic mass is 9.93. The number of carbonyl (C=O) groups is 2. The molecule has 1 atom stereocenters. The number of hydrogen-bond acceptors (Lipinski definition) is 5. The third-order valence-electron chi connectivity index (χ3n) is 6.58. The number of likely N-dealkylation sites (tertiary alicyclic amines) is 2. The van der Waals surface area contributed by atoms with Gasteiger partial charge in [0.05, 0.1) is 23.0 Å². The van der Waals surface area contributed by atoms with Crippen molar-refractivity contribution in [2.45, 2.75) is 37.5 Å². The monoisotopic (exact) mass is 490 g/mol. The molecule has 2 fully saturated rings. The topological polar surface area (TPSA) is 97.3 Å². The summed E-state index contributed by atoms with van der Waals surface area (Å²) in [5.41, 5.74) is 6.67. The standard InChI is InChI=1S/C23H22F4N6O2/c24-16-9-29-19(28)8-15(16)22(35)31-10-13(11-31)21-14-4-1-2-5-17(14)33(30-21)12-20(34)32-7-3-6-18(32)23(25,26)27/h1-2,4-5,8-9,13,18H,3,6-7,10-12H2,(H2,28,29)/t18-/m0/s1. The van der Waals surface area contributed by atoms with Crippen LogP contribution >= 0.6 is 0 Å². The SMILES string of the molecule is Nc1cc(C(=O)N2CC(c3nn(CC(=O)N4CCC[C@H]4C(F)(F)F)c4ccccc34)C2)c(F)cn1. The van der Waals surface area contributed by atoms with Gasteiger partial charge in [0.1, 0.15) is 18.4 Å². The first-order valence-corrected chi connectivity index (χ1v) is 11.2. The number of rotatable bonds is 4. The van der Waals surface area contributed by atoms with Crippen molar-refractivity contribution in [3.8, 4) is 0 Å². The third-order valence-corrected chi connectivity index (χ3v) is 6.58. The summed E-state index contributed by atoms with van der Waals surface area (Å²) in [4.78, 5) is 31.4. The van der Waals surface area contributed by atoms with E-state index in [9.17, 15) is 27.2 Å². The zero-order chi connectivity index (χ0) is 24.9. The van der Waals surface area contributed by atoms with Gasteiger partial charge in [-0.25, -0.2) is 9.37 Å². The molecular formula is C23H22F4N6O2. The van der Waals surface area contributed by atoms with Crippen molar-refractivity contribution in [1.82, 2.24) is 24.6 Å². The molecule has 0 saturated carbocycles. The highest BCUT2D eigenvalue weighted by Crippen LogP contribution is 2.35. The fourth-order valence-electron chi connectivity index (χ4n) is 4.81. The molecule has 2 N–H and O–H groups in total. The number of halogens is 4. The Bertz CT molecular complexity index is 1300. The number of para-hydroxylation sites is 1. The second-order valence-electron chi connectivity index (χ2n) is 8.84. The Balaban J connectivity index is 1.34. The predicted molar refractivity (Wildman–Crippen MR) is 118 cm³/mol. The maximum Gasteiger partial charge on any atom is 0.408 e. The van der Waals surface area contributed by atoms with Crippen molar-refractivity contribution in [3.05, 3.63) is 53.6 Å². The lowest BCUT2D eigenvalue weighted by molar-refractivity contribution is -0.183. The normalized spacial score (nSPS) is 18.8. The van der Waals surface area contributed by atoms with E-state index in [4.69, 9.17) is 5.73 Å². The quantitative estimate of drug-likeness (QED) is 0.568. The van der Waals surface area contributed by atoms with Crippen LogP contribution in [0.3, 0.4) is 0 Å². The number of carbonyl (C=O) groups excluding carboxylic acids is 2. The van der Waals surface area contributed by atoms with Crippen LogP contribution in [0.5, 0.6) is 0 Å². The van der Waals surface area contributed by atoms with E-state index >= 15 is 0 Å². The summed E-state index contributed by atoms with van der Waals surface area (Å²) in [6, 6.07) is 6.55. The largest absolute Gasteiger partial charge is 0.408 e. The molecule has 0 spiro atoms. The van der Waals surface area contributed by atoms with Crippen LogP contribution in [0.25, 0.3) is 10.9 Å². The van der Waals surface area contributed by atoms with E-state index in [1.54, 1.807) is 18.2 Å². The van der Waals surface area contributed by atoms with E-state index in [1.165, 1.54) is 15.6 Å². The van der Waals surface area contributed by atoms with Gasteiger partial charge < -0.3 is 15.5 Å². The van der Waals surface area contributed by atoms with Gasteiger partial charge in [-0.2, -0.15) is 18.3 Å². The van der Waals surface area contributed by atoms with Crippen molar-refractivity contribution in [2.75, 3.05) is 25.4 Å². The Kier molecular flexibility index (Phi) is 5.60. The Morgan fingerprint density at radius 3 is 2.66 bits per heavy atom. The second kappa shape index (κ2) is 8.51. The number of alkyl halides is 3. The molecule has 3 aromatic rings. The molecule has 0 aliphatic carbocycles. The number of nitrogen functional groups attached to an aromatic ring is 1. The van der Waals surface area contributed by atoms with Crippen molar-refractivity contribution in [3.63, 3.8) is 0 Å². The van der Waals surface area contributed by atoms with Crippen LogP contribution in [0.4, 0.5) is 23.4 Å². The number of aromatic nitrogens is 3. The smallest absolute Gasteiger partial charge is 0.384 e. The van der Waals surface area contributed by atoms with Crippen LogP contribution in [-0.4, -0.2) is 68.2 Å². The fraction of sp³-hybridized carbons (Fsp3) is 0.391. The highest BCUT2D eigenvalue weighted by molar-refractivity contribution is 5.96. The Morgan fingerprint density at radius 2 is 1.91 bits per heavy atom.